The van der Waals surface area contributed by atoms with Gasteiger partial charge in [0, 0.05) is 16.7 Å². The molecule has 0 aliphatic carbocycles. The summed E-state index contributed by atoms with van der Waals surface area (Å²) in [4.78, 5) is 1.31. The highest BCUT2D eigenvalue weighted by molar-refractivity contribution is 7.99. The van der Waals surface area contributed by atoms with E-state index in [4.69, 9.17) is 5.73 Å². The Morgan fingerprint density at radius 1 is 1.12 bits per heavy atom. The lowest BCUT2D eigenvalue weighted by Gasteiger charge is -2.19. The Balaban J connectivity index is 2.57. The van der Waals surface area contributed by atoms with Crippen LogP contribution in [0.4, 0.5) is 0 Å². The third-order valence-electron chi connectivity index (χ3n) is 3.02. The van der Waals surface area contributed by atoms with Gasteiger partial charge in [-0.25, -0.2) is 0 Å². The second-order valence-corrected chi connectivity index (χ2v) is 7.09. The van der Waals surface area contributed by atoms with Crippen LogP contribution in [0.2, 0.25) is 0 Å². The van der Waals surface area contributed by atoms with Gasteiger partial charge in [-0.2, -0.15) is 0 Å². The maximum Gasteiger partial charge on any atom is 0.0157 e. The summed E-state index contributed by atoms with van der Waals surface area (Å²) in [5.41, 5.74) is 7.66. The van der Waals surface area contributed by atoms with Crippen molar-refractivity contribution in [3.8, 4) is 0 Å². The molecule has 0 fully saturated rings. The minimum Gasteiger partial charge on any atom is -0.327 e. The smallest absolute Gasteiger partial charge is 0.0157 e. The van der Waals surface area contributed by atoms with Gasteiger partial charge in [0.25, 0.3) is 0 Å². The van der Waals surface area contributed by atoms with Crippen molar-refractivity contribution in [1.82, 2.24) is 0 Å². The van der Waals surface area contributed by atoms with Crippen LogP contribution < -0.4 is 5.73 Å². The molecule has 1 nitrogen and oxygen atoms in total. The monoisotopic (exact) mass is 251 g/mol. The van der Waals surface area contributed by atoms with Gasteiger partial charge in [-0.05, 0) is 29.0 Å². The summed E-state index contributed by atoms with van der Waals surface area (Å²) >= 11 is 1.85. The fraction of sp³-hybridized carbons (Fsp3) is 0.600. The lowest BCUT2D eigenvalue weighted by Crippen LogP contribution is -2.28. The highest BCUT2D eigenvalue weighted by Gasteiger charge is 2.13. The maximum atomic E-state index is 6.04. The first-order valence-corrected chi connectivity index (χ1v) is 7.28. The number of nitrogens with two attached hydrogens (primary N) is 1. The first-order chi connectivity index (χ1) is 7.80. The van der Waals surface area contributed by atoms with E-state index < -0.39 is 0 Å². The second kappa shape index (κ2) is 5.92. The molecule has 96 valence electrons. The van der Waals surface area contributed by atoms with Crippen LogP contribution in [0.25, 0.3) is 0 Å². The summed E-state index contributed by atoms with van der Waals surface area (Å²) in [6.07, 6.45) is 0. The van der Waals surface area contributed by atoms with Crippen LogP contribution >= 0.6 is 11.8 Å². The number of hydrogen-bond acceptors (Lipinski definition) is 2. The predicted octanol–water partition coefficient (Wildman–Crippen LogP) is 4.06. The lowest BCUT2D eigenvalue weighted by atomic mass is 9.87. The van der Waals surface area contributed by atoms with Crippen molar-refractivity contribution in [3.63, 3.8) is 0 Å². The van der Waals surface area contributed by atoms with E-state index in [1.165, 1.54) is 10.5 Å². The van der Waals surface area contributed by atoms with Crippen molar-refractivity contribution in [1.29, 1.82) is 0 Å². The molecule has 0 radical (unpaired) electrons. The quantitative estimate of drug-likeness (QED) is 0.817. The van der Waals surface area contributed by atoms with Gasteiger partial charge in [0.15, 0.2) is 0 Å². The van der Waals surface area contributed by atoms with Crippen LogP contribution in [0.5, 0.6) is 0 Å². The summed E-state index contributed by atoms with van der Waals surface area (Å²) in [6, 6.07) is 9.14. The van der Waals surface area contributed by atoms with Crippen LogP contribution in [-0.4, -0.2) is 11.8 Å². The van der Waals surface area contributed by atoms with Crippen LogP contribution in [0, 0.1) is 5.92 Å². The second-order valence-electron chi connectivity index (χ2n) is 5.99. The van der Waals surface area contributed by atoms with Gasteiger partial charge in [-0.3, -0.25) is 0 Å². The molecule has 0 amide bonds. The fourth-order valence-corrected chi connectivity index (χ4v) is 2.53. The van der Waals surface area contributed by atoms with Crippen molar-refractivity contribution in [2.24, 2.45) is 11.7 Å². The predicted molar refractivity (Wildman–Crippen MR) is 78.7 cm³/mol. The number of thioether (sulfide) groups is 1. The Labute approximate surface area is 110 Å². The van der Waals surface area contributed by atoms with Crippen molar-refractivity contribution in [3.05, 3.63) is 29.8 Å². The van der Waals surface area contributed by atoms with E-state index in [1.807, 2.05) is 11.8 Å². The van der Waals surface area contributed by atoms with Crippen LogP contribution in [0.3, 0.4) is 0 Å². The molecule has 17 heavy (non-hydrogen) atoms. The van der Waals surface area contributed by atoms with Gasteiger partial charge in [-0.15, -0.1) is 11.8 Å². The summed E-state index contributed by atoms with van der Waals surface area (Å²) in [5.74, 6) is 1.54. The average Bonchev–Trinajstić information content (AvgIpc) is 2.25. The maximum absolute atomic E-state index is 6.04. The lowest BCUT2D eigenvalue weighted by molar-refractivity contribution is 0.535. The van der Waals surface area contributed by atoms with E-state index in [0.29, 0.717) is 5.92 Å². The van der Waals surface area contributed by atoms with E-state index in [9.17, 15) is 0 Å². The van der Waals surface area contributed by atoms with Gasteiger partial charge in [0.2, 0.25) is 0 Å². The summed E-state index contributed by atoms with van der Waals surface area (Å²) in [7, 11) is 0. The topological polar surface area (TPSA) is 26.0 Å². The van der Waals surface area contributed by atoms with Gasteiger partial charge < -0.3 is 5.73 Å². The number of hydrogen-bond donors (Lipinski definition) is 1. The standard InChI is InChI=1S/C15H25NS/c1-11(2)14(16)10-17-13-8-6-12(7-9-13)15(3,4)5/h6-9,11,14H,10,16H2,1-5H3. The molecule has 1 atom stereocenters. The molecule has 0 aliphatic heterocycles. The van der Waals surface area contributed by atoms with Crippen LogP contribution in [-0.2, 0) is 5.41 Å². The molecule has 0 saturated carbocycles. The molecule has 0 spiro atoms. The first-order valence-electron chi connectivity index (χ1n) is 6.29. The normalized spacial score (nSPS) is 14.1. The van der Waals surface area contributed by atoms with Crippen molar-refractivity contribution in [2.75, 3.05) is 5.75 Å². The summed E-state index contributed by atoms with van der Waals surface area (Å²) in [5, 5.41) is 0. The van der Waals surface area contributed by atoms with E-state index in [-0.39, 0.29) is 11.5 Å². The molecule has 1 aromatic rings. The highest BCUT2D eigenvalue weighted by atomic mass is 32.2. The molecule has 2 N–H and O–H groups in total. The zero-order valence-electron chi connectivity index (χ0n) is 11.7. The van der Waals surface area contributed by atoms with Crippen molar-refractivity contribution < 1.29 is 0 Å². The summed E-state index contributed by atoms with van der Waals surface area (Å²) < 4.78 is 0. The molecule has 1 unspecified atom stereocenters. The molecular weight excluding hydrogens is 226 g/mol. The van der Waals surface area contributed by atoms with E-state index in [2.05, 4.69) is 58.9 Å². The van der Waals surface area contributed by atoms with Gasteiger partial charge in [-0.1, -0.05) is 46.8 Å². The number of benzene rings is 1. The minimum atomic E-state index is 0.234. The number of rotatable bonds is 4. The zero-order chi connectivity index (χ0) is 13.1. The van der Waals surface area contributed by atoms with Gasteiger partial charge in [0.1, 0.15) is 0 Å². The zero-order valence-corrected chi connectivity index (χ0v) is 12.5. The fourth-order valence-electron chi connectivity index (χ4n) is 1.44. The first kappa shape index (κ1) is 14.6. The van der Waals surface area contributed by atoms with Crippen LogP contribution in [0.1, 0.15) is 40.2 Å². The van der Waals surface area contributed by atoms with Crippen LogP contribution in [0.15, 0.2) is 29.2 Å². The third-order valence-corrected chi connectivity index (χ3v) is 4.18. The molecule has 2 heteroatoms. The third kappa shape index (κ3) is 4.72. The molecule has 1 aromatic carbocycles. The van der Waals surface area contributed by atoms with Crippen molar-refractivity contribution >= 4 is 11.8 Å². The molecular formula is C15H25NS. The molecule has 0 saturated heterocycles. The largest absolute Gasteiger partial charge is 0.327 e. The SMILES string of the molecule is CC(C)C(N)CSc1ccc(C(C)(C)C)cc1. The molecule has 0 aliphatic rings. The Hall–Kier alpha value is -0.470. The molecule has 1 rings (SSSR count). The Morgan fingerprint density at radius 3 is 2.06 bits per heavy atom. The molecule has 0 bridgehead atoms. The molecule has 0 heterocycles. The van der Waals surface area contributed by atoms with E-state index >= 15 is 0 Å². The van der Waals surface area contributed by atoms with Crippen molar-refractivity contribution in [2.45, 2.75) is 51.0 Å². The average molecular weight is 251 g/mol. The summed E-state index contributed by atoms with van der Waals surface area (Å²) in [6.45, 7) is 11.1. The van der Waals surface area contributed by atoms with E-state index in [1.54, 1.807) is 0 Å². The minimum absolute atomic E-state index is 0.234. The van der Waals surface area contributed by atoms with Gasteiger partial charge in [0.05, 0.1) is 0 Å². The Morgan fingerprint density at radius 2 is 1.65 bits per heavy atom. The van der Waals surface area contributed by atoms with Gasteiger partial charge >= 0.3 is 0 Å². The highest BCUT2D eigenvalue weighted by Crippen LogP contribution is 2.26. The van der Waals surface area contributed by atoms with E-state index in [0.717, 1.165) is 5.75 Å². The Bertz CT molecular complexity index is 335. The Kier molecular flexibility index (Phi) is 5.08. The molecule has 0 aromatic heterocycles.